The number of rotatable bonds is 5. The van der Waals surface area contributed by atoms with E-state index in [9.17, 15) is 4.79 Å². The van der Waals surface area contributed by atoms with Crippen LogP contribution in [-0.2, 0) is 16.1 Å². The van der Waals surface area contributed by atoms with Gasteiger partial charge in [0.15, 0.2) is 0 Å². The van der Waals surface area contributed by atoms with E-state index in [-0.39, 0.29) is 12.5 Å². The van der Waals surface area contributed by atoms with Gasteiger partial charge in [-0.1, -0.05) is 6.07 Å². The minimum Gasteiger partial charge on any atom is -0.440 e. The second-order valence-electron chi connectivity index (χ2n) is 5.59. The molecular formula is C16H21N3O3S. The predicted molar refractivity (Wildman–Crippen MR) is 88.3 cm³/mol. The van der Waals surface area contributed by atoms with Crippen molar-refractivity contribution in [3.8, 4) is 10.8 Å². The first-order valence-corrected chi connectivity index (χ1v) is 8.54. The molecule has 1 amide bonds. The number of carbonyl (C=O) groups is 1. The lowest BCUT2D eigenvalue weighted by atomic mass is 10.2. The molecular weight excluding hydrogens is 314 g/mol. The smallest absolute Gasteiger partial charge is 0.248 e. The maximum absolute atomic E-state index is 11.8. The van der Waals surface area contributed by atoms with E-state index in [1.165, 1.54) is 0 Å². The molecule has 3 rings (SSSR count). The van der Waals surface area contributed by atoms with Gasteiger partial charge in [0.25, 0.3) is 0 Å². The maximum Gasteiger partial charge on any atom is 0.248 e. The van der Waals surface area contributed by atoms with E-state index in [4.69, 9.17) is 9.15 Å². The summed E-state index contributed by atoms with van der Waals surface area (Å²) in [5.74, 6) is 1.62. The van der Waals surface area contributed by atoms with Crippen LogP contribution in [0.15, 0.2) is 21.9 Å². The largest absolute Gasteiger partial charge is 0.440 e. The number of aryl methyl sites for hydroxylation is 1. The van der Waals surface area contributed by atoms with Crippen LogP contribution in [0.3, 0.4) is 0 Å². The van der Waals surface area contributed by atoms with Gasteiger partial charge < -0.3 is 14.1 Å². The van der Waals surface area contributed by atoms with Gasteiger partial charge in [0, 0.05) is 39.8 Å². The molecule has 0 radical (unpaired) electrons. The predicted octanol–water partition coefficient (Wildman–Crippen LogP) is 2.00. The maximum atomic E-state index is 11.8. The fraction of sp³-hybridized carbons (Fsp3) is 0.500. The normalized spacial score (nSPS) is 16.0. The molecule has 1 aliphatic heterocycles. The molecule has 0 bridgehead atoms. The lowest BCUT2D eigenvalue weighted by Crippen LogP contribution is -2.49. The first kappa shape index (κ1) is 16.2. The first-order valence-electron chi connectivity index (χ1n) is 7.66. The fourth-order valence-electron chi connectivity index (χ4n) is 2.66. The lowest BCUT2D eigenvalue weighted by molar-refractivity contribution is -0.136. The van der Waals surface area contributed by atoms with Crippen LogP contribution in [0.1, 0.15) is 11.5 Å². The number of methoxy groups -OCH3 is 1. The fourth-order valence-corrected chi connectivity index (χ4v) is 3.31. The van der Waals surface area contributed by atoms with Gasteiger partial charge in [-0.05, 0) is 18.4 Å². The van der Waals surface area contributed by atoms with Crippen molar-refractivity contribution in [3.63, 3.8) is 0 Å². The van der Waals surface area contributed by atoms with Crippen molar-refractivity contribution in [1.29, 1.82) is 0 Å². The molecule has 0 aromatic carbocycles. The van der Waals surface area contributed by atoms with Crippen molar-refractivity contribution in [3.05, 3.63) is 29.0 Å². The zero-order chi connectivity index (χ0) is 16.2. The van der Waals surface area contributed by atoms with Gasteiger partial charge in [-0.2, -0.15) is 0 Å². The second-order valence-corrected chi connectivity index (χ2v) is 6.54. The van der Waals surface area contributed by atoms with Crippen LogP contribution < -0.4 is 0 Å². The Kier molecular flexibility index (Phi) is 5.09. The molecule has 3 heterocycles. The number of hydrogen-bond donors (Lipinski definition) is 0. The third kappa shape index (κ3) is 3.80. The number of piperazine rings is 1. The molecule has 124 valence electrons. The molecule has 0 unspecified atom stereocenters. The molecule has 0 aliphatic carbocycles. The first-order chi connectivity index (χ1) is 11.2. The molecule has 1 fully saturated rings. The number of carbonyl (C=O) groups excluding carboxylic acids is 1. The summed E-state index contributed by atoms with van der Waals surface area (Å²) in [4.78, 5) is 21.6. The highest BCUT2D eigenvalue weighted by molar-refractivity contribution is 7.13. The van der Waals surface area contributed by atoms with E-state index in [2.05, 4.69) is 9.88 Å². The minimum atomic E-state index is 0.0600. The standard InChI is InChI=1S/C16H21N3O3S/c1-12-13(17-16(22-12)14-4-3-9-23-14)10-18-5-7-19(8-6-18)15(20)11-21-2/h3-4,9H,5-8,10-11H2,1-2H3. The van der Waals surface area contributed by atoms with Gasteiger partial charge in [-0.15, -0.1) is 11.3 Å². The summed E-state index contributed by atoms with van der Waals surface area (Å²) in [7, 11) is 1.55. The Labute approximate surface area is 139 Å². The lowest BCUT2D eigenvalue weighted by Gasteiger charge is -2.34. The molecule has 6 nitrogen and oxygen atoms in total. The summed E-state index contributed by atoms with van der Waals surface area (Å²) in [5, 5.41) is 2.02. The molecule has 0 N–H and O–H groups in total. The Morgan fingerprint density at radius 3 is 2.83 bits per heavy atom. The highest BCUT2D eigenvalue weighted by atomic mass is 32.1. The Balaban J connectivity index is 1.58. The Bertz CT molecular complexity index is 646. The van der Waals surface area contributed by atoms with Gasteiger partial charge >= 0.3 is 0 Å². The summed E-state index contributed by atoms with van der Waals surface area (Å²) >= 11 is 1.63. The molecule has 1 saturated heterocycles. The van der Waals surface area contributed by atoms with Crippen molar-refractivity contribution in [2.75, 3.05) is 39.9 Å². The van der Waals surface area contributed by atoms with Crippen LogP contribution in [0.4, 0.5) is 0 Å². The molecule has 7 heteroatoms. The third-order valence-electron chi connectivity index (χ3n) is 3.99. The third-order valence-corrected chi connectivity index (χ3v) is 4.85. The SMILES string of the molecule is COCC(=O)N1CCN(Cc2nc(-c3cccs3)oc2C)CC1. The average molecular weight is 335 g/mol. The number of thiophene rings is 1. The highest BCUT2D eigenvalue weighted by Gasteiger charge is 2.22. The Morgan fingerprint density at radius 2 is 2.17 bits per heavy atom. The Morgan fingerprint density at radius 1 is 1.39 bits per heavy atom. The van der Waals surface area contributed by atoms with Crippen molar-refractivity contribution in [2.45, 2.75) is 13.5 Å². The van der Waals surface area contributed by atoms with Crippen molar-refractivity contribution < 1.29 is 13.9 Å². The van der Waals surface area contributed by atoms with Crippen LogP contribution in [0.2, 0.25) is 0 Å². The number of aromatic nitrogens is 1. The van der Waals surface area contributed by atoms with E-state index in [0.29, 0.717) is 5.89 Å². The summed E-state index contributed by atoms with van der Waals surface area (Å²) in [5.41, 5.74) is 0.977. The van der Waals surface area contributed by atoms with Gasteiger partial charge in [0.1, 0.15) is 12.4 Å². The van der Waals surface area contributed by atoms with Crippen LogP contribution in [0.5, 0.6) is 0 Å². The summed E-state index contributed by atoms with van der Waals surface area (Å²) < 4.78 is 10.7. The van der Waals surface area contributed by atoms with Gasteiger partial charge in [-0.25, -0.2) is 4.98 Å². The number of amides is 1. The molecule has 1 aliphatic rings. The molecule has 0 spiro atoms. The topological polar surface area (TPSA) is 58.8 Å². The summed E-state index contributed by atoms with van der Waals surface area (Å²) in [6, 6.07) is 4.01. The number of nitrogens with zero attached hydrogens (tertiary/aromatic N) is 3. The van der Waals surface area contributed by atoms with Crippen molar-refractivity contribution in [2.24, 2.45) is 0 Å². The Hall–Kier alpha value is -1.70. The van der Waals surface area contributed by atoms with Gasteiger partial charge in [-0.3, -0.25) is 9.69 Å². The van der Waals surface area contributed by atoms with E-state index < -0.39 is 0 Å². The number of hydrogen-bond acceptors (Lipinski definition) is 6. The highest BCUT2D eigenvalue weighted by Crippen LogP contribution is 2.26. The average Bonchev–Trinajstić information content (AvgIpc) is 3.19. The van der Waals surface area contributed by atoms with Crippen molar-refractivity contribution in [1.82, 2.24) is 14.8 Å². The van der Waals surface area contributed by atoms with Crippen molar-refractivity contribution >= 4 is 17.2 Å². The minimum absolute atomic E-state index is 0.0600. The number of ether oxygens (including phenoxy) is 1. The zero-order valence-corrected chi connectivity index (χ0v) is 14.3. The van der Waals surface area contributed by atoms with Crippen LogP contribution >= 0.6 is 11.3 Å². The molecule has 0 atom stereocenters. The van der Waals surface area contributed by atoms with E-state index in [0.717, 1.165) is 49.1 Å². The quantitative estimate of drug-likeness (QED) is 0.836. The molecule has 2 aromatic rings. The van der Waals surface area contributed by atoms with Crippen LogP contribution in [0, 0.1) is 6.92 Å². The van der Waals surface area contributed by atoms with Gasteiger partial charge in [0.2, 0.25) is 11.8 Å². The van der Waals surface area contributed by atoms with Crippen LogP contribution in [0.25, 0.3) is 10.8 Å². The van der Waals surface area contributed by atoms with E-state index in [1.54, 1.807) is 18.4 Å². The van der Waals surface area contributed by atoms with Crippen LogP contribution in [-0.4, -0.2) is 60.6 Å². The summed E-state index contributed by atoms with van der Waals surface area (Å²) in [6.07, 6.45) is 0. The number of oxazole rings is 1. The monoisotopic (exact) mass is 335 g/mol. The molecule has 23 heavy (non-hydrogen) atoms. The van der Waals surface area contributed by atoms with E-state index >= 15 is 0 Å². The van der Waals surface area contributed by atoms with E-state index in [1.807, 2.05) is 29.3 Å². The molecule has 2 aromatic heterocycles. The van der Waals surface area contributed by atoms with Gasteiger partial charge in [0.05, 0.1) is 10.6 Å². The molecule has 0 saturated carbocycles. The zero-order valence-electron chi connectivity index (χ0n) is 13.4. The summed E-state index contributed by atoms with van der Waals surface area (Å²) in [6.45, 7) is 6.03. The second kappa shape index (κ2) is 7.25.